The molecule has 2 aromatic heterocycles. The highest BCUT2D eigenvalue weighted by molar-refractivity contribution is 9.10. The molecule has 0 aliphatic heterocycles. The Morgan fingerprint density at radius 2 is 2.14 bits per heavy atom. The van der Waals surface area contributed by atoms with Crippen LogP contribution < -0.4 is 5.73 Å². The molecule has 0 spiro atoms. The van der Waals surface area contributed by atoms with Gasteiger partial charge in [0.2, 0.25) is 0 Å². The number of aromatic carboxylic acids is 1. The first-order chi connectivity index (χ1) is 6.58. The van der Waals surface area contributed by atoms with Gasteiger partial charge in [-0.05, 0) is 28.1 Å². The largest absolute Gasteiger partial charge is 0.478 e. The second-order valence-corrected chi connectivity index (χ2v) is 3.86. The third-order valence-corrected chi connectivity index (χ3v) is 2.38. The lowest BCUT2D eigenvalue weighted by atomic mass is 10.3. The van der Waals surface area contributed by atoms with E-state index in [1.165, 1.54) is 6.20 Å². The number of nitrogens with two attached hydrogens (primary N) is 1. The standard InChI is InChI=1S/C9H7BrN2O2/c10-6-2-7(11)8-1-5(9(13)14)3-12(8)4-6/h1-4H,11H2,(H,13,14). The van der Waals surface area contributed by atoms with E-state index in [0.717, 1.165) is 4.47 Å². The van der Waals surface area contributed by atoms with Crippen LogP contribution in [0.1, 0.15) is 10.4 Å². The van der Waals surface area contributed by atoms with Crippen LogP contribution >= 0.6 is 15.9 Å². The van der Waals surface area contributed by atoms with E-state index in [0.29, 0.717) is 11.2 Å². The van der Waals surface area contributed by atoms with Gasteiger partial charge in [-0.15, -0.1) is 0 Å². The van der Waals surface area contributed by atoms with Crippen molar-refractivity contribution in [1.29, 1.82) is 0 Å². The van der Waals surface area contributed by atoms with Crippen LogP contribution in [0.3, 0.4) is 0 Å². The summed E-state index contributed by atoms with van der Waals surface area (Å²) in [6, 6.07) is 3.28. The first-order valence-corrected chi connectivity index (χ1v) is 4.67. The third kappa shape index (κ3) is 1.35. The van der Waals surface area contributed by atoms with Crippen LogP contribution in [0, 0.1) is 0 Å². The van der Waals surface area contributed by atoms with Crippen molar-refractivity contribution in [1.82, 2.24) is 4.40 Å². The van der Waals surface area contributed by atoms with E-state index in [1.54, 1.807) is 22.7 Å². The highest BCUT2D eigenvalue weighted by Gasteiger charge is 2.08. The molecular formula is C9H7BrN2O2. The number of fused-ring (bicyclic) bond motifs is 1. The van der Waals surface area contributed by atoms with E-state index >= 15 is 0 Å². The molecule has 3 N–H and O–H groups in total. The quantitative estimate of drug-likeness (QED) is 0.818. The minimum atomic E-state index is -0.954. The molecule has 2 rings (SSSR count). The van der Waals surface area contributed by atoms with Crippen molar-refractivity contribution in [2.75, 3.05) is 5.73 Å². The van der Waals surface area contributed by atoms with Crippen LogP contribution in [0.15, 0.2) is 29.0 Å². The van der Waals surface area contributed by atoms with Gasteiger partial charge >= 0.3 is 5.97 Å². The van der Waals surface area contributed by atoms with Gasteiger partial charge in [-0.2, -0.15) is 0 Å². The number of nitrogens with zero attached hydrogens (tertiary/aromatic N) is 1. The lowest BCUT2D eigenvalue weighted by Gasteiger charge is -1.99. The maximum atomic E-state index is 10.7. The second-order valence-electron chi connectivity index (χ2n) is 2.94. The molecule has 2 heterocycles. The molecule has 4 nitrogen and oxygen atoms in total. The number of hydrogen-bond donors (Lipinski definition) is 2. The van der Waals surface area contributed by atoms with Crippen LogP contribution in [0.5, 0.6) is 0 Å². The summed E-state index contributed by atoms with van der Waals surface area (Å²) in [5.41, 5.74) is 7.21. The Hall–Kier alpha value is -1.49. The fourth-order valence-corrected chi connectivity index (χ4v) is 1.79. The van der Waals surface area contributed by atoms with E-state index in [4.69, 9.17) is 10.8 Å². The lowest BCUT2D eigenvalue weighted by Crippen LogP contribution is -1.92. The number of carbonyl (C=O) groups is 1. The maximum Gasteiger partial charge on any atom is 0.337 e. The topological polar surface area (TPSA) is 67.7 Å². The zero-order valence-corrected chi connectivity index (χ0v) is 8.65. The average molecular weight is 255 g/mol. The number of rotatable bonds is 1. The Labute approximate surface area is 88.1 Å². The molecule has 0 aliphatic rings. The number of aromatic nitrogens is 1. The van der Waals surface area contributed by atoms with Gasteiger partial charge in [0.25, 0.3) is 0 Å². The summed E-state index contributed by atoms with van der Waals surface area (Å²) in [7, 11) is 0. The number of nitrogen functional groups attached to an aromatic ring is 1. The summed E-state index contributed by atoms with van der Waals surface area (Å²) in [4.78, 5) is 10.7. The SMILES string of the molecule is Nc1cc(Br)cn2cc(C(=O)O)cc12. The van der Waals surface area contributed by atoms with Crippen molar-refractivity contribution < 1.29 is 9.90 Å². The summed E-state index contributed by atoms with van der Waals surface area (Å²) in [5, 5.41) is 8.78. The smallest absolute Gasteiger partial charge is 0.337 e. The fourth-order valence-electron chi connectivity index (χ4n) is 1.33. The molecule has 5 heteroatoms. The first-order valence-electron chi connectivity index (χ1n) is 3.88. The van der Waals surface area contributed by atoms with Crippen LogP contribution in [0.2, 0.25) is 0 Å². The van der Waals surface area contributed by atoms with Gasteiger partial charge in [0.1, 0.15) is 0 Å². The molecule has 72 valence electrons. The van der Waals surface area contributed by atoms with Crippen LogP contribution in [-0.4, -0.2) is 15.5 Å². The predicted octanol–water partition coefficient (Wildman–Crippen LogP) is 1.98. The number of halogens is 1. The minimum absolute atomic E-state index is 0.231. The van der Waals surface area contributed by atoms with Gasteiger partial charge < -0.3 is 15.2 Å². The summed E-state index contributed by atoms with van der Waals surface area (Å²) in [6.45, 7) is 0. The highest BCUT2D eigenvalue weighted by atomic mass is 79.9. The van der Waals surface area contributed by atoms with Crippen molar-refractivity contribution >= 4 is 33.1 Å². The summed E-state index contributed by atoms with van der Waals surface area (Å²) >= 11 is 3.28. The number of hydrogen-bond acceptors (Lipinski definition) is 2. The van der Waals surface area contributed by atoms with Gasteiger partial charge in [-0.1, -0.05) is 0 Å². The van der Waals surface area contributed by atoms with Gasteiger partial charge in [0.15, 0.2) is 0 Å². The molecule has 0 unspecified atom stereocenters. The van der Waals surface area contributed by atoms with Gasteiger partial charge in [0.05, 0.1) is 16.8 Å². The van der Waals surface area contributed by atoms with E-state index in [1.807, 2.05) is 0 Å². The highest BCUT2D eigenvalue weighted by Crippen LogP contribution is 2.21. The monoisotopic (exact) mass is 254 g/mol. The number of carboxylic acids is 1. The van der Waals surface area contributed by atoms with Crippen molar-refractivity contribution in [3.05, 3.63) is 34.6 Å². The molecule has 0 fully saturated rings. The molecule has 0 aliphatic carbocycles. The van der Waals surface area contributed by atoms with Crippen LogP contribution in [0.4, 0.5) is 5.69 Å². The Balaban J connectivity index is 2.76. The summed E-state index contributed by atoms with van der Waals surface area (Å²) < 4.78 is 2.50. The normalized spacial score (nSPS) is 10.6. The first kappa shape index (κ1) is 9.08. The molecule has 14 heavy (non-hydrogen) atoms. The summed E-state index contributed by atoms with van der Waals surface area (Å²) in [5.74, 6) is -0.954. The second kappa shape index (κ2) is 3.02. The molecule has 0 saturated carbocycles. The van der Waals surface area contributed by atoms with Crippen LogP contribution in [-0.2, 0) is 0 Å². The minimum Gasteiger partial charge on any atom is -0.478 e. The fraction of sp³-hybridized carbons (Fsp3) is 0. The van der Waals surface area contributed by atoms with Crippen molar-refractivity contribution in [3.8, 4) is 0 Å². The molecule has 0 saturated heterocycles. The van der Waals surface area contributed by atoms with E-state index in [2.05, 4.69) is 15.9 Å². The number of anilines is 1. The molecule has 0 amide bonds. The number of carboxylic acid groups (broad SMARTS) is 1. The Morgan fingerprint density at radius 3 is 2.79 bits per heavy atom. The zero-order valence-electron chi connectivity index (χ0n) is 7.07. The summed E-state index contributed by atoms with van der Waals surface area (Å²) in [6.07, 6.45) is 3.29. The molecule has 0 radical (unpaired) electrons. The molecular weight excluding hydrogens is 248 g/mol. The Bertz CT molecular complexity index is 519. The van der Waals surface area contributed by atoms with E-state index in [9.17, 15) is 4.79 Å². The average Bonchev–Trinajstić information content (AvgIpc) is 2.47. The molecule has 0 bridgehead atoms. The molecule has 0 atom stereocenters. The Morgan fingerprint density at radius 1 is 1.43 bits per heavy atom. The maximum absolute atomic E-state index is 10.7. The van der Waals surface area contributed by atoms with Gasteiger partial charge in [-0.3, -0.25) is 0 Å². The molecule has 0 aromatic carbocycles. The zero-order chi connectivity index (χ0) is 10.3. The lowest BCUT2D eigenvalue weighted by molar-refractivity contribution is 0.0697. The van der Waals surface area contributed by atoms with Crippen molar-refractivity contribution in [2.24, 2.45) is 0 Å². The van der Waals surface area contributed by atoms with Crippen molar-refractivity contribution in [3.63, 3.8) is 0 Å². The van der Waals surface area contributed by atoms with Gasteiger partial charge in [0, 0.05) is 16.9 Å². The van der Waals surface area contributed by atoms with Crippen LogP contribution in [0.25, 0.3) is 5.52 Å². The van der Waals surface area contributed by atoms with E-state index < -0.39 is 5.97 Å². The van der Waals surface area contributed by atoms with Gasteiger partial charge in [-0.25, -0.2) is 4.79 Å². The van der Waals surface area contributed by atoms with E-state index in [-0.39, 0.29) is 5.56 Å². The number of pyridine rings is 1. The third-order valence-electron chi connectivity index (χ3n) is 1.95. The van der Waals surface area contributed by atoms with Crippen molar-refractivity contribution in [2.45, 2.75) is 0 Å². The predicted molar refractivity (Wildman–Crippen MR) is 56.5 cm³/mol. The molecule has 2 aromatic rings. The Kier molecular flexibility index (Phi) is 1.96.